The molecule has 2 heterocycles. The number of halogens is 1. The summed E-state index contributed by atoms with van der Waals surface area (Å²) in [5, 5.41) is 24.7. The van der Waals surface area contributed by atoms with Crippen LogP contribution in [-0.2, 0) is 30.0 Å². The molecule has 1 aliphatic heterocycles. The summed E-state index contributed by atoms with van der Waals surface area (Å²) in [7, 11) is -4.43. The number of aromatic amines is 1. The zero-order chi connectivity index (χ0) is 30.5. The molecule has 1 fully saturated rings. The predicted octanol–water partition coefficient (Wildman–Crippen LogP) is 1.74. The highest BCUT2D eigenvalue weighted by atomic mass is 35.5. The Morgan fingerprint density at radius 1 is 1.24 bits per heavy atom. The molecule has 0 saturated carbocycles. The van der Waals surface area contributed by atoms with Gasteiger partial charge in [0.2, 0.25) is 0 Å². The number of nitrogens with zero attached hydrogens (tertiary/aromatic N) is 1. The number of esters is 1. The van der Waals surface area contributed by atoms with Gasteiger partial charge in [-0.15, -0.1) is 6.42 Å². The van der Waals surface area contributed by atoms with Gasteiger partial charge in [-0.2, -0.15) is 5.09 Å². The van der Waals surface area contributed by atoms with Crippen molar-refractivity contribution in [1.82, 2.24) is 14.6 Å². The summed E-state index contributed by atoms with van der Waals surface area (Å²) in [5.41, 5.74) is -3.38. The second-order valence-corrected chi connectivity index (χ2v) is 11.4. The summed E-state index contributed by atoms with van der Waals surface area (Å²) in [5.74, 6) is 1.31. The molecule has 1 aliphatic rings. The molecule has 2 aromatic carbocycles. The van der Waals surface area contributed by atoms with Gasteiger partial charge in [-0.1, -0.05) is 47.9 Å². The Labute approximate surface area is 244 Å². The van der Waals surface area contributed by atoms with Crippen LogP contribution in [0.2, 0.25) is 5.02 Å². The Morgan fingerprint density at radius 2 is 1.93 bits per heavy atom. The van der Waals surface area contributed by atoms with Gasteiger partial charge in [-0.3, -0.25) is 23.7 Å². The second-order valence-electron chi connectivity index (χ2n) is 9.24. The Kier molecular flexibility index (Phi) is 9.71. The molecule has 6 atom stereocenters. The van der Waals surface area contributed by atoms with E-state index in [9.17, 15) is 29.2 Å². The Balaban J connectivity index is 1.52. The molecular formula is C27H27ClN3O10P. The van der Waals surface area contributed by atoms with Gasteiger partial charge in [-0.05, 0) is 36.8 Å². The molecule has 4 rings (SSSR count). The van der Waals surface area contributed by atoms with Crippen molar-refractivity contribution in [3.05, 3.63) is 98.3 Å². The average molecular weight is 620 g/mol. The molecule has 3 aromatic rings. The van der Waals surface area contributed by atoms with E-state index in [0.29, 0.717) is 5.02 Å². The van der Waals surface area contributed by atoms with Gasteiger partial charge < -0.3 is 24.2 Å². The smallest absolute Gasteiger partial charge is 0.459 e. The van der Waals surface area contributed by atoms with Crippen LogP contribution in [0.15, 0.2) is 76.4 Å². The van der Waals surface area contributed by atoms with E-state index in [-0.39, 0.29) is 12.4 Å². The minimum atomic E-state index is -4.43. The van der Waals surface area contributed by atoms with E-state index in [2.05, 4.69) is 5.09 Å². The van der Waals surface area contributed by atoms with Gasteiger partial charge in [0, 0.05) is 17.3 Å². The minimum absolute atomic E-state index is 0.0345. The lowest BCUT2D eigenvalue weighted by Gasteiger charge is -2.26. The predicted molar refractivity (Wildman–Crippen MR) is 149 cm³/mol. The van der Waals surface area contributed by atoms with E-state index in [1.807, 2.05) is 17.0 Å². The van der Waals surface area contributed by atoms with Crippen molar-refractivity contribution in [2.24, 2.45) is 0 Å². The molecule has 0 amide bonds. The number of nitrogens with one attached hydrogen (secondary N) is 2. The van der Waals surface area contributed by atoms with Gasteiger partial charge in [0.05, 0.1) is 6.61 Å². The number of hydrogen-bond acceptors (Lipinski definition) is 10. The van der Waals surface area contributed by atoms with Gasteiger partial charge in [0.1, 0.15) is 30.6 Å². The zero-order valence-electron chi connectivity index (χ0n) is 22.1. The number of terminal acetylenes is 1. The third kappa shape index (κ3) is 7.18. The number of benzene rings is 2. The first-order valence-corrected chi connectivity index (χ1v) is 14.4. The van der Waals surface area contributed by atoms with Crippen molar-refractivity contribution in [3.63, 3.8) is 0 Å². The van der Waals surface area contributed by atoms with E-state index in [1.165, 1.54) is 31.2 Å². The topological polar surface area (TPSA) is 178 Å². The number of ether oxygens (including phenoxy) is 2. The van der Waals surface area contributed by atoms with Crippen LogP contribution < -0.4 is 20.9 Å². The molecular weight excluding hydrogens is 593 g/mol. The number of hydrogen-bond donors (Lipinski definition) is 4. The molecule has 1 aromatic heterocycles. The molecule has 4 N–H and O–H groups in total. The maximum atomic E-state index is 13.9. The quantitative estimate of drug-likeness (QED) is 0.140. The van der Waals surface area contributed by atoms with E-state index < -0.39 is 61.7 Å². The zero-order valence-corrected chi connectivity index (χ0v) is 23.7. The van der Waals surface area contributed by atoms with E-state index >= 15 is 0 Å². The van der Waals surface area contributed by atoms with Crippen LogP contribution in [0.1, 0.15) is 18.7 Å². The van der Waals surface area contributed by atoms with Crippen LogP contribution in [-0.4, -0.2) is 56.2 Å². The standard InChI is InChI=1S/C27H27ClN3O10P/c1-3-27(36)23(33)21(40-25(27)31-14-13-22(32)29-26(31)35)16-39-42(37,41-20-11-9-19(28)10-12-20)30-17(2)24(34)38-15-18-7-5-4-6-8-18/h1,4-14,17,21,23,25,33,36H,15-16H2,2H3,(H,30,37)(H,29,32,35). The summed E-state index contributed by atoms with van der Waals surface area (Å²) < 4.78 is 36.7. The van der Waals surface area contributed by atoms with Crippen LogP contribution in [0.25, 0.3) is 0 Å². The van der Waals surface area contributed by atoms with Crippen LogP contribution in [0.3, 0.4) is 0 Å². The molecule has 42 heavy (non-hydrogen) atoms. The monoisotopic (exact) mass is 619 g/mol. The molecule has 15 heteroatoms. The van der Waals surface area contributed by atoms with Crippen LogP contribution in [0.4, 0.5) is 0 Å². The fourth-order valence-corrected chi connectivity index (χ4v) is 5.62. The van der Waals surface area contributed by atoms with Crippen molar-refractivity contribution in [3.8, 4) is 18.1 Å². The van der Waals surface area contributed by atoms with E-state index in [1.54, 1.807) is 24.3 Å². The molecule has 0 bridgehead atoms. The third-order valence-corrected chi connectivity index (χ3v) is 8.09. The maximum absolute atomic E-state index is 13.9. The molecule has 6 unspecified atom stereocenters. The number of carbonyl (C=O) groups excluding carboxylic acids is 1. The van der Waals surface area contributed by atoms with Gasteiger partial charge in [0.25, 0.3) is 5.56 Å². The lowest BCUT2D eigenvalue weighted by atomic mass is 9.95. The van der Waals surface area contributed by atoms with Crippen LogP contribution >= 0.6 is 19.3 Å². The number of aliphatic hydroxyl groups is 2. The van der Waals surface area contributed by atoms with Crippen molar-refractivity contribution in [2.75, 3.05) is 6.61 Å². The number of rotatable bonds is 11. The van der Waals surface area contributed by atoms with E-state index in [0.717, 1.165) is 22.4 Å². The molecule has 1 saturated heterocycles. The largest absolute Gasteiger partial charge is 0.460 e. The highest BCUT2D eigenvalue weighted by molar-refractivity contribution is 7.52. The Hall–Kier alpha value is -3.73. The second kappa shape index (κ2) is 13.1. The van der Waals surface area contributed by atoms with E-state index in [4.69, 9.17) is 36.5 Å². The summed E-state index contributed by atoms with van der Waals surface area (Å²) in [4.78, 5) is 38.5. The van der Waals surface area contributed by atoms with Crippen LogP contribution in [0.5, 0.6) is 5.75 Å². The Bertz CT molecular complexity index is 1610. The fourth-order valence-electron chi connectivity index (χ4n) is 3.99. The summed E-state index contributed by atoms with van der Waals surface area (Å²) >= 11 is 5.92. The van der Waals surface area contributed by atoms with Crippen molar-refractivity contribution in [2.45, 2.75) is 43.6 Å². The highest BCUT2D eigenvalue weighted by Gasteiger charge is 2.56. The first-order chi connectivity index (χ1) is 19.9. The molecule has 222 valence electrons. The lowest BCUT2D eigenvalue weighted by Crippen LogP contribution is -2.48. The fraction of sp³-hybridized carbons (Fsp3) is 0.296. The average Bonchev–Trinajstić information content (AvgIpc) is 3.22. The molecule has 13 nitrogen and oxygen atoms in total. The third-order valence-electron chi connectivity index (χ3n) is 6.20. The molecule has 0 aliphatic carbocycles. The van der Waals surface area contributed by atoms with Crippen LogP contribution in [0, 0.1) is 12.3 Å². The molecule has 0 spiro atoms. The highest BCUT2D eigenvalue weighted by Crippen LogP contribution is 2.47. The number of H-pyrrole nitrogens is 1. The first-order valence-electron chi connectivity index (χ1n) is 12.5. The first kappa shape index (κ1) is 31.2. The normalized spacial score (nSPS) is 23.8. The number of aliphatic hydroxyl groups excluding tert-OH is 1. The lowest BCUT2D eigenvalue weighted by molar-refractivity contribution is -0.146. The maximum Gasteiger partial charge on any atom is 0.459 e. The van der Waals surface area contributed by atoms with Crippen molar-refractivity contribution >= 4 is 25.3 Å². The molecule has 0 radical (unpaired) electrons. The Morgan fingerprint density at radius 3 is 2.57 bits per heavy atom. The SMILES string of the molecule is C#CC1(O)C(O)C(COP(=O)(NC(C)C(=O)OCc2ccccc2)Oc2ccc(Cl)cc2)OC1n1ccc(=O)[nH]c1=O. The summed E-state index contributed by atoms with van der Waals surface area (Å²) in [6.45, 7) is 0.655. The number of carbonyl (C=O) groups is 1. The van der Waals surface area contributed by atoms with Crippen molar-refractivity contribution < 1.29 is 38.1 Å². The summed E-state index contributed by atoms with van der Waals surface area (Å²) in [6.07, 6.45) is 1.57. The number of aromatic nitrogens is 2. The van der Waals surface area contributed by atoms with Gasteiger partial charge in [0.15, 0.2) is 11.8 Å². The minimum Gasteiger partial charge on any atom is -0.460 e. The van der Waals surface area contributed by atoms with Gasteiger partial charge >= 0.3 is 19.4 Å². The summed E-state index contributed by atoms with van der Waals surface area (Å²) in [6, 6.07) is 14.5. The van der Waals surface area contributed by atoms with Gasteiger partial charge in [-0.25, -0.2) is 9.36 Å². The van der Waals surface area contributed by atoms with Crippen molar-refractivity contribution in [1.29, 1.82) is 0 Å².